The molecule has 2 aromatic carbocycles. The van der Waals surface area contributed by atoms with E-state index in [0.717, 1.165) is 25.7 Å². The van der Waals surface area contributed by atoms with Crippen molar-refractivity contribution in [2.75, 3.05) is 10.7 Å². The molecule has 3 aromatic rings. The normalized spacial score (nSPS) is 22.6. The standard InChI is InChI=1S/C25H30N4O4S/c1-15(2)16-11-13-17(14-12-16)27-29-20-9-5-3-7-18(20)23(30)22(25(29)31)24-26-19-8-4-6-10-21(19)34(32,33)28-24/h3-10,15-17,27,30,32-33H,11-14H2,1-2H3,(H,26,28). The molecule has 8 nitrogen and oxygen atoms in total. The molecule has 2 heterocycles. The number of fused-ring (bicyclic) bond motifs is 2. The van der Waals surface area contributed by atoms with E-state index in [2.05, 4.69) is 29.0 Å². The van der Waals surface area contributed by atoms with Crippen LogP contribution in [0.25, 0.3) is 10.9 Å². The third-order valence-corrected chi connectivity index (χ3v) is 8.35. The van der Waals surface area contributed by atoms with E-state index in [1.165, 1.54) is 4.68 Å². The zero-order chi connectivity index (χ0) is 24.0. The fourth-order valence-corrected chi connectivity index (χ4v) is 6.17. The summed E-state index contributed by atoms with van der Waals surface area (Å²) in [5, 5.41) is 14.6. The molecule has 0 atom stereocenters. The number of benzene rings is 2. The highest BCUT2D eigenvalue weighted by Crippen LogP contribution is 2.55. The Morgan fingerprint density at radius 1 is 1.06 bits per heavy atom. The molecule has 0 radical (unpaired) electrons. The number of aromatic nitrogens is 1. The van der Waals surface area contributed by atoms with Crippen molar-refractivity contribution in [3.8, 4) is 5.75 Å². The number of hydrogen-bond donors (Lipinski definition) is 5. The Bertz CT molecular complexity index is 1330. The first-order chi connectivity index (χ1) is 16.3. The van der Waals surface area contributed by atoms with Gasteiger partial charge in [-0.1, -0.05) is 48.9 Å². The fraction of sp³-hybridized carbons (Fsp3) is 0.360. The van der Waals surface area contributed by atoms with Crippen molar-refractivity contribution < 1.29 is 14.2 Å². The van der Waals surface area contributed by atoms with Crippen molar-refractivity contribution in [1.82, 2.24) is 4.68 Å². The van der Waals surface area contributed by atoms with E-state index in [1.54, 1.807) is 42.5 Å². The lowest BCUT2D eigenvalue weighted by atomic mass is 9.80. The van der Waals surface area contributed by atoms with Crippen LogP contribution in [0.15, 0.2) is 62.6 Å². The van der Waals surface area contributed by atoms with Crippen LogP contribution in [0, 0.1) is 11.8 Å². The highest BCUT2D eigenvalue weighted by molar-refractivity contribution is 8.23. The molecule has 1 aliphatic carbocycles. The molecule has 5 N–H and O–H groups in total. The van der Waals surface area contributed by atoms with Crippen molar-refractivity contribution >= 4 is 33.2 Å². The minimum atomic E-state index is -3.53. The Balaban J connectivity index is 1.59. The molecule has 0 bridgehead atoms. The smallest absolute Gasteiger partial charge is 0.284 e. The van der Waals surface area contributed by atoms with Gasteiger partial charge in [-0.15, -0.1) is 4.40 Å². The monoisotopic (exact) mass is 482 g/mol. The topological polar surface area (TPSA) is 119 Å². The van der Waals surface area contributed by atoms with Gasteiger partial charge in [0.05, 0.1) is 11.2 Å². The van der Waals surface area contributed by atoms with Gasteiger partial charge >= 0.3 is 0 Å². The van der Waals surface area contributed by atoms with E-state index in [1.807, 2.05) is 6.07 Å². The lowest BCUT2D eigenvalue weighted by Crippen LogP contribution is -2.41. The lowest BCUT2D eigenvalue weighted by molar-refractivity contribution is 0.261. The molecule has 0 spiro atoms. The maximum Gasteiger partial charge on any atom is 0.284 e. The number of amidine groups is 1. The summed E-state index contributed by atoms with van der Waals surface area (Å²) in [4.78, 5) is 14.0. The highest BCUT2D eigenvalue weighted by atomic mass is 32.3. The first-order valence-corrected chi connectivity index (χ1v) is 13.1. The first kappa shape index (κ1) is 22.8. The van der Waals surface area contributed by atoms with Crippen LogP contribution in [0.4, 0.5) is 5.69 Å². The Kier molecular flexibility index (Phi) is 5.79. The summed E-state index contributed by atoms with van der Waals surface area (Å²) >= 11 is 0. The molecule has 180 valence electrons. The van der Waals surface area contributed by atoms with Crippen LogP contribution in [-0.4, -0.2) is 30.8 Å². The molecule has 34 heavy (non-hydrogen) atoms. The Hall–Kier alpha value is -3.01. The quantitative estimate of drug-likeness (QED) is 0.341. The van der Waals surface area contributed by atoms with Crippen molar-refractivity contribution in [2.24, 2.45) is 16.2 Å². The van der Waals surface area contributed by atoms with Gasteiger partial charge in [-0.05, 0) is 61.8 Å². The van der Waals surface area contributed by atoms with Gasteiger partial charge in [0, 0.05) is 11.4 Å². The number of nitrogens with one attached hydrogen (secondary N) is 2. The summed E-state index contributed by atoms with van der Waals surface area (Å²) < 4.78 is 26.9. The highest BCUT2D eigenvalue weighted by Gasteiger charge is 2.31. The van der Waals surface area contributed by atoms with Crippen molar-refractivity contribution in [3.63, 3.8) is 0 Å². The molecular weight excluding hydrogens is 452 g/mol. The molecular formula is C25H30N4O4S. The van der Waals surface area contributed by atoms with Crippen molar-refractivity contribution in [3.05, 3.63) is 64.4 Å². The number of aromatic hydroxyl groups is 1. The zero-order valence-corrected chi connectivity index (χ0v) is 20.0. The van der Waals surface area contributed by atoms with Crippen LogP contribution in [0.1, 0.15) is 45.1 Å². The van der Waals surface area contributed by atoms with Gasteiger partial charge in [0.1, 0.15) is 16.2 Å². The van der Waals surface area contributed by atoms with Gasteiger partial charge in [0.15, 0.2) is 5.84 Å². The first-order valence-electron chi connectivity index (χ1n) is 11.6. The molecule has 0 saturated heterocycles. The van der Waals surface area contributed by atoms with E-state index in [-0.39, 0.29) is 28.1 Å². The number of pyridine rings is 1. The Morgan fingerprint density at radius 3 is 2.47 bits per heavy atom. The van der Waals surface area contributed by atoms with Gasteiger partial charge < -0.3 is 15.8 Å². The minimum absolute atomic E-state index is 0.0639. The van der Waals surface area contributed by atoms with E-state index in [0.29, 0.717) is 28.4 Å². The molecule has 1 saturated carbocycles. The second-order valence-corrected chi connectivity index (χ2v) is 11.1. The second kappa shape index (κ2) is 8.65. The summed E-state index contributed by atoms with van der Waals surface area (Å²) in [6.07, 6.45) is 4.09. The molecule has 2 aliphatic rings. The Morgan fingerprint density at radius 2 is 1.74 bits per heavy atom. The molecule has 1 aliphatic heterocycles. The average Bonchev–Trinajstić information content (AvgIpc) is 2.82. The average molecular weight is 483 g/mol. The van der Waals surface area contributed by atoms with Crippen molar-refractivity contribution in [2.45, 2.75) is 50.5 Å². The lowest BCUT2D eigenvalue weighted by Gasteiger charge is -2.34. The van der Waals surface area contributed by atoms with Gasteiger partial charge in [0.2, 0.25) is 0 Å². The predicted octanol–water partition coefficient (Wildman–Crippen LogP) is 5.36. The third-order valence-electron chi connectivity index (χ3n) is 6.97. The third kappa shape index (κ3) is 3.93. The van der Waals surface area contributed by atoms with Gasteiger partial charge in [0.25, 0.3) is 5.56 Å². The van der Waals surface area contributed by atoms with Crippen molar-refractivity contribution in [1.29, 1.82) is 0 Å². The largest absolute Gasteiger partial charge is 0.506 e. The summed E-state index contributed by atoms with van der Waals surface area (Å²) in [7, 11) is -3.53. The zero-order valence-electron chi connectivity index (χ0n) is 19.2. The van der Waals surface area contributed by atoms with Crippen LogP contribution in [0.2, 0.25) is 0 Å². The SMILES string of the molecule is CC(C)C1CCC(Nn2c(=O)c(C3=NS(O)(O)c4ccccc4N3)c(O)c3ccccc32)CC1. The minimum Gasteiger partial charge on any atom is -0.506 e. The van der Waals surface area contributed by atoms with E-state index in [9.17, 15) is 19.0 Å². The summed E-state index contributed by atoms with van der Waals surface area (Å²) in [5.41, 5.74) is 3.79. The number of hydrogen-bond acceptors (Lipinski definition) is 7. The summed E-state index contributed by atoms with van der Waals surface area (Å²) in [5.74, 6) is 1.02. The maximum atomic E-state index is 13.7. The molecule has 0 unspecified atom stereocenters. The van der Waals surface area contributed by atoms with E-state index in [4.69, 9.17) is 0 Å². The van der Waals surface area contributed by atoms with Gasteiger partial charge in [-0.2, -0.15) is 0 Å². The van der Waals surface area contributed by atoms with Gasteiger partial charge in [-0.25, -0.2) is 4.68 Å². The maximum absolute atomic E-state index is 13.7. The summed E-state index contributed by atoms with van der Waals surface area (Å²) in [6, 6.07) is 13.9. The molecule has 1 aromatic heterocycles. The van der Waals surface area contributed by atoms with Crippen LogP contribution in [0.5, 0.6) is 5.75 Å². The van der Waals surface area contributed by atoms with Crippen LogP contribution in [-0.2, 0) is 0 Å². The van der Waals surface area contributed by atoms with Crippen LogP contribution >= 0.6 is 10.8 Å². The van der Waals surface area contributed by atoms with Crippen LogP contribution < -0.4 is 16.3 Å². The summed E-state index contributed by atoms with van der Waals surface area (Å²) in [6.45, 7) is 4.51. The van der Waals surface area contributed by atoms with E-state index < -0.39 is 16.3 Å². The van der Waals surface area contributed by atoms with Crippen LogP contribution in [0.3, 0.4) is 0 Å². The number of nitrogens with zero attached hydrogens (tertiary/aromatic N) is 2. The van der Waals surface area contributed by atoms with Gasteiger partial charge in [-0.3, -0.25) is 13.9 Å². The second-order valence-electron chi connectivity index (χ2n) is 9.45. The fourth-order valence-electron chi connectivity index (χ4n) is 5.01. The molecule has 0 amide bonds. The number of rotatable bonds is 4. The number of para-hydroxylation sites is 2. The molecule has 1 fully saturated rings. The molecule has 9 heteroatoms. The van der Waals surface area contributed by atoms with E-state index >= 15 is 0 Å². The predicted molar refractivity (Wildman–Crippen MR) is 138 cm³/mol. The molecule has 5 rings (SSSR count). The Labute approximate surface area is 199 Å². The number of anilines is 1.